The third kappa shape index (κ3) is 7.61. The minimum Gasteiger partial charge on any atom is -0.353 e. The van der Waals surface area contributed by atoms with Gasteiger partial charge in [-0.3, -0.25) is 4.90 Å². The Morgan fingerprint density at radius 3 is 2.57 bits per heavy atom. The van der Waals surface area contributed by atoms with Gasteiger partial charge in [0, 0.05) is 36.7 Å². The van der Waals surface area contributed by atoms with E-state index < -0.39 is 0 Å². The number of likely N-dealkylation sites (tertiary alicyclic amines) is 1. The quantitative estimate of drug-likeness (QED) is 0.139. The maximum Gasteiger partial charge on any atom is 0.149 e. The largest absolute Gasteiger partial charge is 0.353 e. The summed E-state index contributed by atoms with van der Waals surface area (Å²) in [6.07, 6.45) is 6.57. The van der Waals surface area contributed by atoms with Gasteiger partial charge in [-0.1, -0.05) is 35.3 Å². The van der Waals surface area contributed by atoms with Gasteiger partial charge in [0.05, 0.1) is 24.0 Å². The second-order valence-electron chi connectivity index (χ2n) is 9.29. The standard InChI is InChI=1S/C25H35Cl2N5O2S/c1-19-18-31(25-24(27)16-22(17-28-25)29-35-34-33-2)14-15-32(19)23-9-12-30(13-10-23)11-3-4-20-5-7-21(26)8-6-20/h5-8,16-17,19,23,29H,3-4,9-15,18H2,1-2H3/t19-/m0/s1. The fourth-order valence-corrected chi connectivity index (χ4v) is 5.88. The summed E-state index contributed by atoms with van der Waals surface area (Å²) in [6, 6.07) is 11.2. The summed E-state index contributed by atoms with van der Waals surface area (Å²) in [5, 5.41) is 1.45. The number of nitrogens with one attached hydrogen (secondary N) is 1. The highest BCUT2D eigenvalue weighted by Crippen LogP contribution is 2.30. The molecule has 0 bridgehead atoms. The van der Waals surface area contributed by atoms with Crippen molar-refractivity contribution in [2.24, 2.45) is 0 Å². The zero-order chi connectivity index (χ0) is 24.6. The zero-order valence-corrected chi connectivity index (χ0v) is 22.8. The molecule has 10 heteroatoms. The number of piperazine rings is 1. The number of halogens is 2. The summed E-state index contributed by atoms with van der Waals surface area (Å²) in [5.41, 5.74) is 2.14. The van der Waals surface area contributed by atoms with Crippen molar-refractivity contribution in [3.8, 4) is 0 Å². The Morgan fingerprint density at radius 2 is 1.89 bits per heavy atom. The van der Waals surface area contributed by atoms with Crippen LogP contribution >= 0.6 is 35.4 Å². The molecule has 4 rings (SSSR count). The van der Waals surface area contributed by atoms with Crippen molar-refractivity contribution >= 4 is 46.9 Å². The molecular formula is C25H35Cl2N5O2S. The van der Waals surface area contributed by atoms with Gasteiger partial charge in [0.2, 0.25) is 0 Å². The van der Waals surface area contributed by atoms with Gasteiger partial charge in [-0.15, -0.1) is 4.33 Å². The number of anilines is 2. The monoisotopic (exact) mass is 539 g/mol. The van der Waals surface area contributed by atoms with Crippen LogP contribution in [-0.2, 0) is 15.6 Å². The van der Waals surface area contributed by atoms with Crippen LogP contribution in [0.15, 0.2) is 36.5 Å². The molecule has 0 radical (unpaired) electrons. The first kappa shape index (κ1) is 26.8. The summed E-state index contributed by atoms with van der Waals surface area (Å²) in [4.78, 5) is 16.8. The van der Waals surface area contributed by atoms with Gasteiger partial charge in [0.1, 0.15) is 18.0 Å². The van der Waals surface area contributed by atoms with Crippen LogP contribution < -0.4 is 9.62 Å². The summed E-state index contributed by atoms with van der Waals surface area (Å²) in [6.45, 7) is 8.78. The van der Waals surface area contributed by atoms with Crippen molar-refractivity contribution in [3.05, 3.63) is 52.1 Å². The lowest BCUT2D eigenvalue weighted by molar-refractivity contribution is -0.159. The summed E-state index contributed by atoms with van der Waals surface area (Å²) in [7, 11) is 1.46. The number of benzene rings is 1. The first-order valence-corrected chi connectivity index (χ1v) is 13.8. The molecule has 1 aromatic carbocycles. The Bertz CT molecular complexity index is 931. The van der Waals surface area contributed by atoms with Crippen LogP contribution in [0.5, 0.6) is 0 Å². The fourth-order valence-electron chi connectivity index (χ4n) is 5.16. The second-order valence-corrected chi connectivity index (χ2v) is 10.6. The summed E-state index contributed by atoms with van der Waals surface area (Å²) < 4.78 is 7.76. The van der Waals surface area contributed by atoms with Gasteiger partial charge in [-0.2, -0.15) is 0 Å². The number of aromatic nitrogens is 1. The van der Waals surface area contributed by atoms with E-state index in [9.17, 15) is 0 Å². The molecule has 2 aromatic rings. The molecule has 1 N–H and O–H groups in total. The average molecular weight is 541 g/mol. The number of nitrogens with zero attached hydrogens (tertiary/aromatic N) is 4. The molecule has 1 atom stereocenters. The normalized spacial score (nSPS) is 20.3. The molecule has 2 fully saturated rings. The number of aryl methyl sites for hydroxylation is 1. The van der Waals surface area contributed by atoms with Crippen molar-refractivity contribution in [2.75, 3.05) is 56.0 Å². The van der Waals surface area contributed by atoms with Gasteiger partial charge in [0.25, 0.3) is 0 Å². The summed E-state index contributed by atoms with van der Waals surface area (Å²) >= 11 is 13.5. The molecule has 0 saturated carbocycles. The van der Waals surface area contributed by atoms with Crippen LogP contribution in [-0.4, -0.2) is 73.2 Å². The highest BCUT2D eigenvalue weighted by atomic mass is 35.5. The third-order valence-electron chi connectivity index (χ3n) is 6.94. The van der Waals surface area contributed by atoms with Crippen LogP contribution in [0.2, 0.25) is 10.0 Å². The number of hydrogen-bond donors (Lipinski definition) is 1. The predicted molar refractivity (Wildman–Crippen MR) is 146 cm³/mol. The van der Waals surface area contributed by atoms with Crippen molar-refractivity contribution < 1.29 is 9.22 Å². The zero-order valence-electron chi connectivity index (χ0n) is 20.5. The van der Waals surface area contributed by atoms with Gasteiger partial charge < -0.3 is 14.5 Å². The Labute approximate surface area is 223 Å². The van der Waals surface area contributed by atoms with Gasteiger partial charge in [-0.25, -0.2) is 9.87 Å². The van der Waals surface area contributed by atoms with E-state index in [-0.39, 0.29) is 0 Å². The SMILES string of the molecule is COOSNc1cnc(N2CCN(C3CCN(CCCc4ccc(Cl)cc4)CC3)[C@@H](C)C2)c(Cl)c1. The van der Waals surface area contributed by atoms with Crippen molar-refractivity contribution in [1.29, 1.82) is 0 Å². The number of hydrogen-bond acceptors (Lipinski definition) is 8. The lowest BCUT2D eigenvalue weighted by atomic mass is 9.99. The molecule has 2 aliphatic rings. The van der Waals surface area contributed by atoms with Crippen molar-refractivity contribution in [1.82, 2.24) is 14.8 Å². The molecule has 3 heterocycles. The van der Waals surface area contributed by atoms with E-state index in [0.717, 1.165) is 54.8 Å². The molecule has 7 nitrogen and oxygen atoms in total. The molecule has 0 amide bonds. The fraction of sp³-hybridized carbons (Fsp3) is 0.560. The molecule has 0 unspecified atom stereocenters. The van der Waals surface area contributed by atoms with E-state index in [2.05, 4.69) is 48.3 Å². The van der Waals surface area contributed by atoms with Crippen LogP contribution in [0.4, 0.5) is 11.5 Å². The minimum absolute atomic E-state index is 0.464. The molecule has 192 valence electrons. The molecule has 0 spiro atoms. The van der Waals surface area contributed by atoms with Gasteiger partial charge >= 0.3 is 0 Å². The molecule has 2 aliphatic heterocycles. The molecule has 0 aliphatic carbocycles. The number of piperidine rings is 1. The molecular weight excluding hydrogens is 505 g/mol. The number of pyridine rings is 1. The van der Waals surface area contributed by atoms with Crippen LogP contribution in [0, 0.1) is 0 Å². The smallest absolute Gasteiger partial charge is 0.149 e. The first-order valence-electron chi connectivity index (χ1n) is 12.3. The lowest BCUT2D eigenvalue weighted by Crippen LogP contribution is -2.57. The average Bonchev–Trinajstić information content (AvgIpc) is 2.86. The maximum atomic E-state index is 6.56. The van der Waals surface area contributed by atoms with E-state index in [1.165, 1.54) is 51.6 Å². The van der Waals surface area contributed by atoms with E-state index in [0.29, 0.717) is 17.1 Å². The molecule has 1 aromatic heterocycles. The highest BCUT2D eigenvalue weighted by molar-refractivity contribution is 7.95. The molecule has 2 saturated heterocycles. The van der Waals surface area contributed by atoms with Gasteiger partial charge in [0.15, 0.2) is 0 Å². The van der Waals surface area contributed by atoms with Crippen molar-refractivity contribution in [2.45, 2.75) is 44.7 Å². The Balaban J connectivity index is 1.20. The maximum absolute atomic E-state index is 6.56. The first-order chi connectivity index (χ1) is 17.0. The van der Waals surface area contributed by atoms with E-state index >= 15 is 0 Å². The van der Waals surface area contributed by atoms with E-state index in [1.807, 2.05) is 18.2 Å². The Morgan fingerprint density at radius 1 is 1.11 bits per heavy atom. The molecule has 35 heavy (non-hydrogen) atoms. The predicted octanol–water partition coefficient (Wildman–Crippen LogP) is 5.55. The lowest BCUT2D eigenvalue weighted by Gasteiger charge is -2.47. The minimum atomic E-state index is 0.464. The van der Waals surface area contributed by atoms with Crippen LogP contribution in [0.3, 0.4) is 0 Å². The van der Waals surface area contributed by atoms with E-state index in [1.54, 1.807) is 6.20 Å². The van der Waals surface area contributed by atoms with Crippen LogP contribution in [0.1, 0.15) is 31.7 Å². The number of rotatable bonds is 10. The van der Waals surface area contributed by atoms with Crippen molar-refractivity contribution in [3.63, 3.8) is 0 Å². The Hall–Kier alpha value is -1.26. The Kier molecular flexibility index (Phi) is 10.2. The summed E-state index contributed by atoms with van der Waals surface area (Å²) in [5.74, 6) is 0.844. The van der Waals surface area contributed by atoms with E-state index in [4.69, 9.17) is 27.5 Å². The van der Waals surface area contributed by atoms with Gasteiger partial charge in [-0.05, 0) is 76.0 Å². The highest BCUT2D eigenvalue weighted by Gasteiger charge is 2.32. The third-order valence-corrected chi connectivity index (χ3v) is 7.99. The van der Waals surface area contributed by atoms with Crippen LogP contribution in [0.25, 0.3) is 0 Å². The second kappa shape index (κ2) is 13.3. The topological polar surface area (TPSA) is 53.1 Å².